The molecular formula is C31H49N. The van der Waals surface area contributed by atoms with E-state index >= 15 is 0 Å². The Morgan fingerprint density at radius 2 is 1.41 bits per heavy atom. The van der Waals surface area contributed by atoms with Gasteiger partial charge < -0.3 is 0 Å². The fourth-order valence-electron chi connectivity index (χ4n) is 6.53. The Labute approximate surface area is 199 Å². The molecule has 2 aliphatic carbocycles. The molecule has 2 aliphatic rings. The summed E-state index contributed by atoms with van der Waals surface area (Å²) in [5, 5.41) is 9.90. The third-order valence-corrected chi connectivity index (χ3v) is 8.89. The van der Waals surface area contributed by atoms with Crippen LogP contribution in [0.2, 0.25) is 0 Å². The highest BCUT2D eigenvalue weighted by Gasteiger charge is 2.35. The fraction of sp³-hybridized carbons (Fsp3) is 0.774. The SMILES string of the molecule is CCCCCCCC1(C#N)CCC(c2ccc(CC[C@H]3CC[C@H](CCC)CC3)cc2)CC1. The molecule has 0 heterocycles. The maximum absolute atomic E-state index is 9.90. The predicted octanol–water partition coefficient (Wildman–Crippen LogP) is 9.75. The van der Waals surface area contributed by atoms with Gasteiger partial charge in [0, 0.05) is 0 Å². The van der Waals surface area contributed by atoms with E-state index in [-0.39, 0.29) is 5.41 Å². The Bertz CT molecular complexity index is 665. The molecule has 0 N–H and O–H groups in total. The van der Waals surface area contributed by atoms with E-state index in [1.807, 2.05) is 0 Å². The van der Waals surface area contributed by atoms with Crippen LogP contribution in [0.1, 0.15) is 140 Å². The summed E-state index contributed by atoms with van der Waals surface area (Å²) in [5.74, 6) is 2.65. The highest BCUT2D eigenvalue weighted by atomic mass is 14.4. The van der Waals surface area contributed by atoms with E-state index in [0.29, 0.717) is 5.92 Å². The minimum Gasteiger partial charge on any atom is -0.198 e. The molecule has 32 heavy (non-hydrogen) atoms. The summed E-state index contributed by atoms with van der Waals surface area (Å²) >= 11 is 0. The third kappa shape index (κ3) is 7.64. The van der Waals surface area contributed by atoms with Crippen LogP contribution in [0.4, 0.5) is 0 Å². The maximum atomic E-state index is 9.90. The number of hydrogen-bond acceptors (Lipinski definition) is 1. The first-order valence-electron chi connectivity index (χ1n) is 14.2. The summed E-state index contributed by atoms with van der Waals surface area (Å²) < 4.78 is 0. The molecule has 0 bridgehead atoms. The number of hydrogen-bond donors (Lipinski definition) is 0. The van der Waals surface area contributed by atoms with Gasteiger partial charge in [-0.1, -0.05) is 109 Å². The second-order valence-corrected chi connectivity index (χ2v) is 11.3. The van der Waals surface area contributed by atoms with E-state index in [2.05, 4.69) is 44.2 Å². The summed E-state index contributed by atoms with van der Waals surface area (Å²) in [4.78, 5) is 0. The molecule has 1 aromatic carbocycles. The monoisotopic (exact) mass is 435 g/mol. The number of benzene rings is 1. The van der Waals surface area contributed by atoms with E-state index < -0.39 is 0 Å². The number of unbranched alkanes of at least 4 members (excludes halogenated alkanes) is 4. The van der Waals surface area contributed by atoms with E-state index in [1.165, 1.54) is 107 Å². The van der Waals surface area contributed by atoms with Gasteiger partial charge in [0.25, 0.3) is 0 Å². The molecule has 0 saturated heterocycles. The van der Waals surface area contributed by atoms with Crippen LogP contribution in [0.25, 0.3) is 0 Å². The molecule has 0 radical (unpaired) electrons. The third-order valence-electron chi connectivity index (χ3n) is 8.89. The summed E-state index contributed by atoms with van der Waals surface area (Å²) in [7, 11) is 0. The Balaban J connectivity index is 1.39. The van der Waals surface area contributed by atoms with Crippen LogP contribution in [-0.2, 0) is 6.42 Å². The van der Waals surface area contributed by atoms with Crippen molar-refractivity contribution in [1.29, 1.82) is 5.26 Å². The summed E-state index contributed by atoms with van der Waals surface area (Å²) in [6, 6.07) is 12.4. The van der Waals surface area contributed by atoms with Crippen LogP contribution in [0, 0.1) is 28.6 Å². The van der Waals surface area contributed by atoms with Crippen molar-refractivity contribution in [1.82, 2.24) is 0 Å². The molecule has 0 aliphatic heterocycles. The minimum absolute atomic E-state index is 0.0290. The normalized spacial score (nSPS) is 28.3. The molecule has 0 spiro atoms. The van der Waals surface area contributed by atoms with Gasteiger partial charge in [-0.25, -0.2) is 0 Å². The Morgan fingerprint density at radius 1 is 0.781 bits per heavy atom. The summed E-state index contributed by atoms with van der Waals surface area (Å²) in [6.07, 6.45) is 23.6. The first kappa shape index (κ1) is 25.3. The summed E-state index contributed by atoms with van der Waals surface area (Å²) in [6.45, 7) is 4.60. The maximum Gasteiger partial charge on any atom is 0.0689 e. The van der Waals surface area contributed by atoms with Crippen molar-refractivity contribution in [2.24, 2.45) is 17.3 Å². The second-order valence-electron chi connectivity index (χ2n) is 11.3. The first-order chi connectivity index (χ1) is 15.7. The fourth-order valence-corrected chi connectivity index (χ4v) is 6.53. The molecule has 178 valence electrons. The van der Waals surface area contributed by atoms with Crippen molar-refractivity contribution in [2.75, 3.05) is 0 Å². The highest BCUT2D eigenvalue weighted by molar-refractivity contribution is 5.26. The number of rotatable bonds is 12. The quantitative estimate of drug-likeness (QED) is 0.300. The van der Waals surface area contributed by atoms with Crippen molar-refractivity contribution in [3.05, 3.63) is 35.4 Å². The van der Waals surface area contributed by atoms with Crippen molar-refractivity contribution in [2.45, 2.75) is 135 Å². The van der Waals surface area contributed by atoms with Gasteiger partial charge in [0.15, 0.2) is 0 Å². The molecule has 1 heteroatoms. The Hall–Kier alpha value is -1.29. The Morgan fingerprint density at radius 3 is 2.00 bits per heavy atom. The average molecular weight is 436 g/mol. The molecule has 2 saturated carbocycles. The topological polar surface area (TPSA) is 23.8 Å². The van der Waals surface area contributed by atoms with Crippen LogP contribution < -0.4 is 0 Å². The van der Waals surface area contributed by atoms with E-state index in [0.717, 1.165) is 31.1 Å². The lowest BCUT2D eigenvalue weighted by Crippen LogP contribution is -2.25. The average Bonchev–Trinajstić information content (AvgIpc) is 2.84. The van der Waals surface area contributed by atoms with Gasteiger partial charge in [0.1, 0.15) is 0 Å². The molecule has 0 amide bonds. The molecule has 3 rings (SSSR count). The van der Waals surface area contributed by atoms with Gasteiger partial charge >= 0.3 is 0 Å². The van der Waals surface area contributed by atoms with Crippen LogP contribution in [-0.4, -0.2) is 0 Å². The smallest absolute Gasteiger partial charge is 0.0689 e. The van der Waals surface area contributed by atoms with Gasteiger partial charge in [-0.05, 0) is 73.8 Å². The van der Waals surface area contributed by atoms with Gasteiger partial charge in [-0.15, -0.1) is 0 Å². The second kappa shape index (κ2) is 13.4. The van der Waals surface area contributed by atoms with E-state index in [1.54, 1.807) is 0 Å². The Kier molecular flexibility index (Phi) is 10.6. The largest absolute Gasteiger partial charge is 0.198 e. The molecular weight excluding hydrogens is 386 g/mol. The zero-order chi connectivity index (χ0) is 22.7. The van der Waals surface area contributed by atoms with Gasteiger partial charge in [0.05, 0.1) is 11.5 Å². The minimum atomic E-state index is -0.0290. The standard InChI is InChI=1S/C31H49N/c1-3-5-6-7-8-22-31(25-32)23-20-30(21-24-31)29-18-16-28(17-19-29)15-14-27-12-10-26(9-4-2)11-13-27/h16-19,26-27,30H,3-15,20-24H2,1-2H3/t26-,27-,30?,31?. The molecule has 0 atom stereocenters. The van der Waals surface area contributed by atoms with Crippen LogP contribution in [0.5, 0.6) is 0 Å². The summed E-state index contributed by atoms with van der Waals surface area (Å²) in [5.41, 5.74) is 3.01. The number of nitriles is 1. The first-order valence-corrected chi connectivity index (χ1v) is 14.2. The number of nitrogens with zero attached hydrogens (tertiary/aromatic N) is 1. The highest BCUT2D eigenvalue weighted by Crippen LogP contribution is 2.45. The molecule has 1 aromatic rings. The molecule has 1 nitrogen and oxygen atoms in total. The molecule has 2 fully saturated rings. The van der Waals surface area contributed by atoms with E-state index in [4.69, 9.17) is 0 Å². The predicted molar refractivity (Wildman–Crippen MR) is 138 cm³/mol. The van der Waals surface area contributed by atoms with Gasteiger partial charge in [-0.2, -0.15) is 5.26 Å². The lowest BCUT2D eigenvalue weighted by atomic mass is 9.67. The van der Waals surface area contributed by atoms with Gasteiger partial charge in [0.2, 0.25) is 0 Å². The van der Waals surface area contributed by atoms with Crippen LogP contribution in [0.3, 0.4) is 0 Å². The zero-order valence-corrected chi connectivity index (χ0v) is 21.2. The lowest BCUT2D eigenvalue weighted by Gasteiger charge is -2.35. The number of aryl methyl sites for hydroxylation is 1. The van der Waals surface area contributed by atoms with Crippen molar-refractivity contribution >= 4 is 0 Å². The van der Waals surface area contributed by atoms with Gasteiger partial charge in [-0.3, -0.25) is 0 Å². The van der Waals surface area contributed by atoms with Crippen molar-refractivity contribution in [3.8, 4) is 6.07 Å². The molecule has 0 unspecified atom stereocenters. The molecule has 0 aromatic heterocycles. The van der Waals surface area contributed by atoms with Crippen molar-refractivity contribution in [3.63, 3.8) is 0 Å². The van der Waals surface area contributed by atoms with Crippen LogP contribution in [0.15, 0.2) is 24.3 Å². The zero-order valence-electron chi connectivity index (χ0n) is 21.2. The van der Waals surface area contributed by atoms with E-state index in [9.17, 15) is 5.26 Å². The van der Waals surface area contributed by atoms with Crippen LogP contribution >= 0.6 is 0 Å². The lowest BCUT2D eigenvalue weighted by molar-refractivity contribution is 0.223. The van der Waals surface area contributed by atoms with Crippen molar-refractivity contribution < 1.29 is 0 Å².